The normalized spacial score (nSPS) is 16.5. The van der Waals surface area contributed by atoms with E-state index >= 15 is 0 Å². The SMILES string of the molecule is CSCC[C@H](NC(=O)[C@@H](N)CS)C(=O)N[C@@H](Cc1ccccc1)C(=O)N[C@@H](CCC(=O)O)C(=O)N[C@@H](CC(C)C)C(=O)N1CCC[C@H]1C(=O)N[C@@H](Cc1ccccc1)C(=O)N[C@@H](CS)C(=O)O. The van der Waals surface area contributed by atoms with Crippen LogP contribution in [0.25, 0.3) is 0 Å². The molecule has 368 valence electrons. The number of carboxylic acid groups (broad SMARTS) is 2. The van der Waals surface area contributed by atoms with E-state index in [1.807, 2.05) is 20.1 Å². The monoisotopic (exact) mass is 988 g/mol. The number of amides is 7. The average molecular weight is 989 g/mol. The maximum Gasteiger partial charge on any atom is 0.327 e. The maximum absolute atomic E-state index is 14.4. The molecule has 7 amide bonds. The van der Waals surface area contributed by atoms with Crippen molar-refractivity contribution in [1.82, 2.24) is 36.8 Å². The summed E-state index contributed by atoms with van der Waals surface area (Å²) in [6.45, 7) is 3.74. The third-order valence-corrected chi connectivity index (χ3v) is 12.2. The van der Waals surface area contributed by atoms with Gasteiger partial charge in [-0.2, -0.15) is 37.0 Å². The number of benzene rings is 2. The maximum atomic E-state index is 14.4. The molecule has 2 aromatic carbocycles. The van der Waals surface area contributed by atoms with Crippen molar-refractivity contribution in [2.75, 3.05) is 30.1 Å². The lowest BCUT2D eigenvalue weighted by Crippen LogP contribution is -2.60. The number of nitrogens with one attached hydrogen (secondary N) is 6. The Kier molecular flexibility index (Phi) is 24.0. The van der Waals surface area contributed by atoms with Gasteiger partial charge >= 0.3 is 11.9 Å². The summed E-state index contributed by atoms with van der Waals surface area (Å²) >= 11 is 9.52. The highest BCUT2D eigenvalue weighted by Gasteiger charge is 2.40. The number of carbonyl (C=O) groups is 9. The Morgan fingerprint density at radius 3 is 1.64 bits per heavy atom. The van der Waals surface area contributed by atoms with E-state index in [0.717, 1.165) is 0 Å². The van der Waals surface area contributed by atoms with Crippen LogP contribution >= 0.6 is 37.0 Å². The van der Waals surface area contributed by atoms with Crippen molar-refractivity contribution in [2.45, 2.75) is 114 Å². The van der Waals surface area contributed by atoms with Gasteiger partial charge in [-0.25, -0.2) is 4.79 Å². The van der Waals surface area contributed by atoms with Crippen LogP contribution in [0, 0.1) is 5.92 Å². The standard InChI is InChI=1S/C45H64N8O11S3/c1-26(2)21-34(44(62)53-19-10-15-36(53)43(61)50-33(23-28-13-8-5-9-14-28)42(60)52-35(25-66)45(63)64)51-39(57)30(16-17-37(54)55)48-41(59)32(22-27-11-6-4-7-12-27)49-40(58)31(18-20-67-3)47-38(56)29(46)24-65/h4-9,11-14,26,29-36,65-66H,10,15-25,46H2,1-3H3,(H,47,56)(H,48,59)(H,49,58)(H,50,61)(H,51,57)(H,52,60)(H,54,55)(H,63,64)/t29-,30-,31-,32-,33-,34-,35-,36-/m0/s1. The number of aliphatic carboxylic acids is 2. The van der Waals surface area contributed by atoms with Crippen molar-refractivity contribution in [2.24, 2.45) is 11.7 Å². The van der Waals surface area contributed by atoms with Crippen LogP contribution in [0.4, 0.5) is 0 Å². The van der Waals surface area contributed by atoms with Gasteiger partial charge in [0.2, 0.25) is 41.4 Å². The summed E-state index contributed by atoms with van der Waals surface area (Å²) in [5.41, 5.74) is 7.16. The number of thiol groups is 2. The highest BCUT2D eigenvalue weighted by atomic mass is 32.2. The largest absolute Gasteiger partial charge is 0.481 e. The third kappa shape index (κ3) is 18.7. The zero-order chi connectivity index (χ0) is 49.6. The number of thioether (sulfide) groups is 1. The van der Waals surface area contributed by atoms with E-state index in [1.165, 1.54) is 16.7 Å². The van der Waals surface area contributed by atoms with Gasteiger partial charge in [0.1, 0.15) is 42.3 Å². The molecule has 3 rings (SSSR count). The van der Waals surface area contributed by atoms with Crippen molar-refractivity contribution in [3.63, 3.8) is 0 Å². The molecule has 0 saturated carbocycles. The molecule has 0 bridgehead atoms. The fraction of sp³-hybridized carbons (Fsp3) is 0.533. The molecule has 1 aliphatic rings. The predicted molar refractivity (Wildman–Crippen MR) is 259 cm³/mol. The molecule has 0 spiro atoms. The Labute approximate surface area is 405 Å². The molecular formula is C45H64N8O11S3. The van der Waals surface area contributed by atoms with E-state index in [4.69, 9.17) is 5.73 Å². The van der Waals surface area contributed by atoms with Gasteiger partial charge in [0.05, 0.1) is 6.04 Å². The highest BCUT2D eigenvalue weighted by molar-refractivity contribution is 7.98. The van der Waals surface area contributed by atoms with Crippen LogP contribution in [0.5, 0.6) is 0 Å². The van der Waals surface area contributed by atoms with Crippen LogP contribution in [0.3, 0.4) is 0 Å². The number of nitrogens with two attached hydrogens (primary N) is 1. The second-order valence-corrected chi connectivity index (χ2v) is 18.3. The molecule has 8 atom stereocenters. The van der Waals surface area contributed by atoms with E-state index in [1.54, 1.807) is 60.7 Å². The number of rotatable bonds is 28. The molecule has 10 N–H and O–H groups in total. The van der Waals surface area contributed by atoms with Gasteiger partial charge in [-0.05, 0) is 61.2 Å². The minimum absolute atomic E-state index is 0.00361. The minimum atomic E-state index is -1.51. The van der Waals surface area contributed by atoms with Crippen molar-refractivity contribution in [3.05, 3.63) is 71.8 Å². The first-order valence-corrected chi connectivity index (χ1v) is 24.7. The molecule has 2 aromatic rings. The second-order valence-electron chi connectivity index (χ2n) is 16.6. The van der Waals surface area contributed by atoms with Gasteiger partial charge < -0.3 is 52.7 Å². The van der Waals surface area contributed by atoms with Crippen LogP contribution in [0.15, 0.2) is 60.7 Å². The molecule has 0 aliphatic carbocycles. The Bertz CT molecular complexity index is 2000. The molecule has 22 heteroatoms. The number of carbonyl (C=O) groups excluding carboxylic acids is 7. The molecule has 1 aliphatic heterocycles. The molecular weight excluding hydrogens is 925 g/mol. The van der Waals surface area contributed by atoms with Gasteiger partial charge in [0, 0.05) is 37.3 Å². The summed E-state index contributed by atoms with van der Waals surface area (Å²) < 4.78 is 0. The summed E-state index contributed by atoms with van der Waals surface area (Å²) in [6, 6.07) is 7.62. The van der Waals surface area contributed by atoms with E-state index in [0.29, 0.717) is 23.3 Å². The average Bonchev–Trinajstić information content (AvgIpc) is 3.80. The van der Waals surface area contributed by atoms with Gasteiger partial charge in [0.15, 0.2) is 0 Å². The molecule has 0 unspecified atom stereocenters. The number of hydrogen-bond acceptors (Lipinski definition) is 13. The molecule has 1 saturated heterocycles. The fourth-order valence-corrected chi connectivity index (χ4v) is 8.14. The molecule has 0 aromatic heterocycles. The number of carboxylic acids is 2. The van der Waals surface area contributed by atoms with Crippen LogP contribution in [-0.2, 0) is 56.0 Å². The lowest BCUT2D eigenvalue weighted by molar-refractivity contribution is -0.143. The summed E-state index contributed by atoms with van der Waals surface area (Å²) in [5.74, 6) is -7.60. The quantitative estimate of drug-likeness (QED) is 0.0513. The number of nitrogens with zero attached hydrogens (tertiary/aromatic N) is 1. The van der Waals surface area contributed by atoms with E-state index in [2.05, 4.69) is 57.2 Å². The summed E-state index contributed by atoms with van der Waals surface area (Å²) in [6.07, 6.45) is 1.71. The minimum Gasteiger partial charge on any atom is -0.481 e. The highest BCUT2D eigenvalue weighted by Crippen LogP contribution is 2.22. The first kappa shape index (κ1) is 56.0. The van der Waals surface area contributed by atoms with Crippen molar-refractivity contribution in [1.29, 1.82) is 0 Å². The lowest BCUT2D eigenvalue weighted by atomic mass is 10.00. The topological polar surface area (TPSA) is 296 Å². The first-order valence-electron chi connectivity index (χ1n) is 22.0. The molecule has 1 heterocycles. The third-order valence-electron chi connectivity index (χ3n) is 10.8. The molecule has 67 heavy (non-hydrogen) atoms. The number of likely N-dealkylation sites (tertiary alicyclic amines) is 1. The van der Waals surface area contributed by atoms with Gasteiger partial charge in [-0.15, -0.1) is 0 Å². The Morgan fingerprint density at radius 2 is 1.15 bits per heavy atom. The van der Waals surface area contributed by atoms with Crippen molar-refractivity contribution < 1.29 is 53.4 Å². The Hall–Kier alpha value is -5.32. The zero-order valence-electron chi connectivity index (χ0n) is 37.9. The van der Waals surface area contributed by atoms with Gasteiger partial charge in [-0.1, -0.05) is 74.5 Å². The van der Waals surface area contributed by atoms with Gasteiger partial charge in [0.25, 0.3) is 0 Å². The van der Waals surface area contributed by atoms with Crippen LogP contribution < -0.4 is 37.6 Å². The Morgan fingerprint density at radius 1 is 0.672 bits per heavy atom. The Balaban J connectivity index is 1.89. The fourth-order valence-electron chi connectivity index (χ4n) is 7.26. The van der Waals surface area contributed by atoms with E-state index < -0.39 is 114 Å². The first-order chi connectivity index (χ1) is 31.9. The van der Waals surface area contributed by atoms with E-state index in [-0.39, 0.29) is 56.1 Å². The predicted octanol–water partition coefficient (Wildman–Crippen LogP) is 0.307. The summed E-state index contributed by atoms with van der Waals surface area (Å²) in [7, 11) is 0. The number of hydrogen-bond donors (Lipinski definition) is 11. The smallest absolute Gasteiger partial charge is 0.327 e. The van der Waals surface area contributed by atoms with Crippen molar-refractivity contribution >= 4 is 90.3 Å². The van der Waals surface area contributed by atoms with Crippen LogP contribution in [0.2, 0.25) is 0 Å². The molecule has 19 nitrogen and oxygen atoms in total. The zero-order valence-corrected chi connectivity index (χ0v) is 40.5. The summed E-state index contributed by atoms with van der Waals surface area (Å²) in [5, 5.41) is 34.9. The van der Waals surface area contributed by atoms with Crippen molar-refractivity contribution in [3.8, 4) is 0 Å². The summed E-state index contributed by atoms with van der Waals surface area (Å²) in [4.78, 5) is 122. The van der Waals surface area contributed by atoms with Crippen LogP contribution in [0.1, 0.15) is 63.5 Å². The van der Waals surface area contributed by atoms with Gasteiger partial charge in [-0.3, -0.25) is 38.4 Å². The molecule has 0 radical (unpaired) electrons. The van der Waals surface area contributed by atoms with E-state index in [9.17, 15) is 53.4 Å². The molecule has 1 fully saturated rings. The lowest BCUT2D eigenvalue weighted by Gasteiger charge is -2.31. The second kappa shape index (κ2) is 28.8. The van der Waals surface area contributed by atoms with Crippen LogP contribution in [-0.4, -0.2) is 147 Å².